The van der Waals surface area contributed by atoms with Crippen LogP contribution in [-0.2, 0) is 11.3 Å². The molecule has 2 aliphatic rings. The molecule has 0 aliphatic carbocycles. The lowest BCUT2D eigenvalue weighted by Gasteiger charge is -2.34. The molecular formula is C24H23ClN4O3. The smallest absolute Gasteiger partial charge is 0.243 e. The Morgan fingerprint density at radius 3 is 2.84 bits per heavy atom. The van der Waals surface area contributed by atoms with Gasteiger partial charge in [-0.05, 0) is 44.2 Å². The standard InChI is InChI=1S/C24H23ClN4O3/c1-15-4-3-5-17(12-15)24-26-19(16(2)32-24)14-29-23(30)9-8-22(27-29)28-10-11-31-21-7-6-18(25)13-20(21)28/h3-7,12-13H,8-11,14H2,1-2H3. The second kappa shape index (κ2) is 8.31. The van der Waals surface area contributed by atoms with Crippen LogP contribution in [0, 0.1) is 13.8 Å². The number of oxazole rings is 1. The molecule has 0 radical (unpaired) electrons. The molecule has 5 rings (SSSR count). The largest absolute Gasteiger partial charge is 0.490 e. The van der Waals surface area contributed by atoms with Crippen LogP contribution in [0.25, 0.3) is 11.5 Å². The Labute approximate surface area is 191 Å². The third-order valence-corrected chi connectivity index (χ3v) is 5.87. The van der Waals surface area contributed by atoms with E-state index in [0.717, 1.165) is 28.4 Å². The van der Waals surface area contributed by atoms with Crippen LogP contribution in [0.4, 0.5) is 5.69 Å². The number of hydrogen-bond acceptors (Lipinski definition) is 6. The monoisotopic (exact) mass is 450 g/mol. The normalized spacial score (nSPS) is 16.0. The van der Waals surface area contributed by atoms with Gasteiger partial charge in [-0.3, -0.25) is 4.79 Å². The number of nitrogens with zero attached hydrogens (tertiary/aromatic N) is 4. The number of amides is 1. The molecule has 2 aromatic carbocycles. The summed E-state index contributed by atoms with van der Waals surface area (Å²) in [6, 6.07) is 13.5. The first kappa shape index (κ1) is 20.6. The molecule has 164 valence electrons. The molecular weight excluding hydrogens is 428 g/mol. The summed E-state index contributed by atoms with van der Waals surface area (Å²) in [4.78, 5) is 19.4. The van der Waals surface area contributed by atoms with Crippen LogP contribution >= 0.6 is 11.6 Å². The van der Waals surface area contributed by atoms with Crippen LogP contribution in [-0.4, -0.2) is 34.9 Å². The first-order chi connectivity index (χ1) is 15.5. The van der Waals surface area contributed by atoms with Gasteiger partial charge < -0.3 is 14.1 Å². The van der Waals surface area contributed by atoms with Crippen molar-refractivity contribution in [1.29, 1.82) is 0 Å². The van der Waals surface area contributed by atoms with Gasteiger partial charge in [0, 0.05) is 23.4 Å². The molecule has 2 aliphatic heterocycles. The fourth-order valence-corrected chi connectivity index (χ4v) is 4.15. The molecule has 0 bridgehead atoms. The molecule has 0 unspecified atom stereocenters. The van der Waals surface area contributed by atoms with Crippen molar-refractivity contribution in [3.05, 3.63) is 64.5 Å². The van der Waals surface area contributed by atoms with Crippen LogP contribution in [0.3, 0.4) is 0 Å². The third kappa shape index (κ3) is 3.96. The molecule has 0 spiro atoms. The van der Waals surface area contributed by atoms with Crippen molar-refractivity contribution in [2.75, 3.05) is 18.1 Å². The lowest BCUT2D eigenvalue weighted by atomic mass is 10.1. The van der Waals surface area contributed by atoms with Crippen molar-refractivity contribution in [3.8, 4) is 17.2 Å². The zero-order valence-electron chi connectivity index (χ0n) is 18.0. The van der Waals surface area contributed by atoms with Crippen molar-refractivity contribution in [3.63, 3.8) is 0 Å². The summed E-state index contributed by atoms with van der Waals surface area (Å²) < 4.78 is 11.6. The van der Waals surface area contributed by atoms with E-state index in [-0.39, 0.29) is 12.5 Å². The number of ether oxygens (including phenoxy) is 1. The fourth-order valence-electron chi connectivity index (χ4n) is 3.98. The number of halogens is 1. The first-order valence-corrected chi connectivity index (χ1v) is 11.0. The molecule has 1 aromatic heterocycles. The summed E-state index contributed by atoms with van der Waals surface area (Å²) in [5, 5.41) is 6.81. The zero-order chi connectivity index (χ0) is 22.2. The van der Waals surface area contributed by atoms with E-state index in [1.165, 1.54) is 5.01 Å². The number of rotatable bonds is 3. The minimum atomic E-state index is -0.0344. The van der Waals surface area contributed by atoms with Gasteiger partial charge in [-0.25, -0.2) is 9.99 Å². The average Bonchev–Trinajstić information content (AvgIpc) is 3.15. The van der Waals surface area contributed by atoms with Gasteiger partial charge in [-0.2, -0.15) is 5.10 Å². The number of fused-ring (bicyclic) bond motifs is 1. The van der Waals surface area contributed by atoms with E-state index in [1.807, 2.05) is 56.3 Å². The number of aryl methyl sites for hydroxylation is 2. The highest BCUT2D eigenvalue weighted by atomic mass is 35.5. The predicted octanol–water partition coefficient (Wildman–Crippen LogP) is 4.95. The van der Waals surface area contributed by atoms with Crippen molar-refractivity contribution < 1.29 is 13.9 Å². The summed E-state index contributed by atoms with van der Waals surface area (Å²) in [6.45, 7) is 5.34. The van der Waals surface area contributed by atoms with Crippen LogP contribution in [0.15, 0.2) is 52.0 Å². The summed E-state index contributed by atoms with van der Waals surface area (Å²) in [5.74, 6) is 2.78. The fraction of sp³-hybridized carbons (Fsp3) is 0.292. The van der Waals surface area contributed by atoms with E-state index in [1.54, 1.807) is 0 Å². The van der Waals surface area contributed by atoms with E-state index in [4.69, 9.17) is 25.9 Å². The Morgan fingerprint density at radius 1 is 1.12 bits per heavy atom. The molecule has 32 heavy (non-hydrogen) atoms. The molecule has 3 heterocycles. The summed E-state index contributed by atoms with van der Waals surface area (Å²) in [6.07, 6.45) is 0.946. The average molecular weight is 451 g/mol. The van der Waals surface area contributed by atoms with Crippen LogP contribution in [0.1, 0.15) is 29.9 Å². The number of carbonyl (C=O) groups is 1. The zero-order valence-corrected chi connectivity index (χ0v) is 18.7. The Morgan fingerprint density at radius 2 is 2.00 bits per heavy atom. The lowest BCUT2D eigenvalue weighted by molar-refractivity contribution is -0.132. The predicted molar refractivity (Wildman–Crippen MR) is 123 cm³/mol. The molecule has 8 heteroatoms. The highest BCUT2D eigenvalue weighted by Gasteiger charge is 2.29. The molecule has 0 atom stereocenters. The minimum absolute atomic E-state index is 0.0344. The molecule has 7 nitrogen and oxygen atoms in total. The second-order valence-corrected chi connectivity index (χ2v) is 8.41. The Hall–Kier alpha value is -3.32. The van der Waals surface area contributed by atoms with Gasteiger partial charge in [0.15, 0.2) is 0 Å². The number of carbonyl (C=O) groups excluding carboxylic acids is 1. The van der Waals surface area contributed by atoms with Gasteiger partial charge in [0.25, 0.3) is 0 Å². The quantitative estimate of drug-likeness (QED) is 0.564. The summed E-state index contributed by atoms with van der Waals surface area (Å²) >= 11 is 6.21. The van der Waals surface area contributed by atoms with Crippen LogP contribution in [0.5, 0.6) is 5.75 Å². The molecule has 0 saturated carbocycles. The van der Waals surface area contributed by atoms with E-state index < -0.39 is 0 Å². The van der Waals surface area contributed by atoms with Gasteiger partial charge in [-0.15, -0.1) is 0 Å². The van der Waals surface area contributed by atoms with Crippen LogP contribution < -0.4 is 9.64 Å². The van der Waals surface area contributed by atoms with Gasteiger partial charge in [0.2, 0.25) is 11.8 Å². The number of hydrazone groups is 1. The van der Waals surface area contributed by atoms with Crippen molar-refractivity contribution in [2.24, 2.45) is 5.10 Å². The topological polar surface area (TPSA) is 71.2 Å². The maximum absolute atomic E-state index is 12.7. The Bertz CT molecular complexity index is 1220. The third-order valence-electron chi connectivity index (χ3n) is 5.64. The highest BCUT2D eigenvalue weighted by Crippen LogP contribution is 2.35. The van der Waals surface area contributed by atoms with Crippen molar-refractivity contribution in [2.45, 2.75) is 33.2 Å². The number of hydrogen-bond donors (Lipinski definition) is 0. The maximum Gasteiger partial charge on any atom is 0.243 e. The molecule has 1 amide bonds. The number of aromatic nitrogens is 1. The van der Waals surface area contributed by atoms with Gasteiger partial charge in [-0.1, -0.05) is 29.3 Å². The Balaban J connectivity index is 1.42. The molecule has 0 N–H and O–H groups in total. The van der Waals surface area contributed by atoms with Crippen molar-refractivity contribution >= 4 is 29.0 Å². The van der Waals surface area contributed by atoms with E-state index >= 15 is 0 Å². The maximum atomic E-state index is 12.7. The van der Waals surface area contributed by atoms with E-state index in [9.17, 15) is 4.79 Å². The molecule has 0 saturated heterocycles. The highest BCUT2D eigenvalue weighted by molar-refractivity contribution is 6.31. The summed E-state index contributed by atoms with van der Waals surface area (Å²) in [5.41, 5.74) is 3.61. The summed E-state index contributed by atoms with van der Waals surface area (Å²) in [7, 11) is 0. The lowest BCUT2D eigenvalue weighted by Crippen LogP contribution is -2.43. The molecule has 3 aromatic rings. The number of benzene rings is 2. The second-order valence-electron chi connectivity index (χ2n) is 7.97. The van der Waals surface area contributed by atoms with Gasteiger partial charge in [0.05, 0.1) is 18.8 Å². The van der Waals surface area contributed by atoms with E-state index in [2.05, 4.69) is 9.88 Å². The minimum Gasteiger partial charge on any atom is -0.490 e. The van der Waals surface area contributed by atoms with E-state index in [0.29, 0.717) is 48.4 Å². The molecule has 0 fully saturated rings. The first-order valence-electron chi connectivity index (χ1n) is 10.6. The SMILES string of the molecule is Cc1cccc(-c2nc(CN3N=C(N4CCOc5ccc(Cl)cc54)CCC3=O)c(C)o2)c1. The Kier molecular flexibility index (Phi) is 5.35. The number of amidine groups is 1. The van der Waals surface area contributed by atoms with Gasteiger partial charge >= 0.3 is 0 Å². The van der Waals surface area contributed by atoms with Crippen LogP contribution in [0.2, 0.25) is 5.02 Å². The van der Waals surface area contributed by atoms with Crippen molar-refractivity contribution in [1.82, 2.24) is 9.99 Å². The number of anilines is 1. The van der Waals surface area contributed by atoms with Gasteiger partial charge in [0.1, 0.15) is 29.6 Å².